The van der Waals surface area contributed by atoms with Crippen LogP contribution in [0.25, 0.3) is 0 Å². The highest BCUT2D eigenvalue weighted by Crippen LogP contribution is 2.28. The van der Waals surface area contributed by atoms with Crippen LogP contribution in [0.5, 0.6) is 11.5 Å². The molecule has 0 fully saturated rings. The first kappa shape index (κ1) is 12.0. The fourth-order valence-corrected chi connectivity index (χ4v) is 3.31. The molecule has 2 nitrogen and oxygen atoms in total. The quantitative estimate of drug-likeness (QED) is 0.740. The van der Waals surface area contributed by atoms with Crippen LogP contribution in [0.1, 0.15) is 0 Å². The van der Waals surface area contributed by atoms with E-state index >= 15 is 0 Å². The lowest BCUT2D eigenvalue weighted by Gasteiger charge is -2.22. The van der Waals surface area contributed by atoms with E-state index in [1.807, 2.05) is 0 Å². The molecule has 84 valence electrons. The molecule has 4 heteroatoms. The van der Waals surface area contributed by atoms with Gasteiger partial charge < -0.3 is 9.47 Å². The topological polar surface area (TPSA) is 18.5 Å². The number of halogens is 1. The molecule has 0 saturated heterocycles. The zero-order valence-electron chi connectivity index (χ0n) is 9.85. The van der Waals surface area contributed by atoms with Crippen molar-refractivity contribution in [2.75, 3.05) is 14.2 Å². The molecule has 0 aliphatic rings. The van der Waals surface area contributed by atoms with E-state index in [4.69, 9.17) is 9.47 Å². The Morgan fingerprint density at radius 3 is 2.07 bits per heavy atom. The molecule has 0 amide bonds. The van der Waals surface area contributed by atoms with Crippen LogP contribution in [0, 0.1) is 5.82 Å². The highest BCUT2D eigenvalue weighted by Gasteiger charge is 2.27. The Hall–Kier alpha value is -1.03. The molecular formula is C11H17FO2Si. The summed E-state index contributed by atoms with van der Waals surface area (Å²) < 4.78 is 24.2. The first-order valence-corrected chi connectivity index (χ1v) is 8.32. The van der Waals surface area contributed by atoms with Crippen LogP contribution in [-0.4, -0.2) is 22.3 Å². The number of rotatable bonds is 3. The van der Waals surface area contributed by atoms with Crippen LogP contribution in [-0.2, 0) is 0 Å². The third kappa shape index (κ3) is 2.31. The van der Waals surface area contributed by atoms with Crippen LogP contribution < -0.4 is 14.7 Å². The summed E-state index contributed by atoms with van der Waals surface area (Å²) in [6, 6.07) is 3.03. The summed E-state index contributed by atoms with van der Waals surface area (Å²) in [7, 11) is 1.33. The van der Waals surface area contributed by atoms with Crippen molar-refractivity contribution < 1.29 is 13.9 Å². The molecule has 0 bridgehead atoms. The number of ether oxygens (including phenoxy) is 2. The Balaban J connectivity index is 3.46. The summed E-state index contributed by atoms with van der Waals surface area (Å²) in [6.07, 6.45) is 0. The van der Waals surface area contributed by atoms with Gasteiger partial charge in [0.1, 0.15) is 5.82 Å². The monoisotopic (exact) mass is 228 g/mol. The number of benzene rings is 1. The summed E-state index contributed by atoms with van der Waals surface area (Å²) in [6.45, 7) is 6.23. The Morgan fingerprint density at radius 2 is 1.67 bits per heavy atom. The molecule has 0 saturated carbocycles. The first-order valence-electron chi connectivity index (χ1n) is 4.82. The van der Waals surface area contributed by atoms with Crippen LogP contribution in [0.3, 0.4) is 0 Å². The second-order valence-electron chi connectivity index (χ2n) is 4.41. The van der Waals surface area contributed by atoms with Crippen LogP contribution in [0.2, 0.25) is 19.6 Å². The third-order valence-electron chi connectivity index (χ3n) is 2.24. The summed E-state index contributed by atoms with van der Waals surface area (Å²) in [5, 5.41) is 0.685. The van der Waals surface area contributed by atoms with Crippen molar-refractivity contribution in [3.05, 3.63) is 17.9 Å². The van der Waals surface area contributed by atoms with Crippen molar-refractivity contribution in [2.24, 2.45) is 0 Å². The van der Waals surface area contributed by atoms with E-state index in [1.54, 1.807) is 20.3 Å². The molecule has 1 aromatic carbocycles. The SMILES string of the molecule is COc1ccc(F)c([Si](C)(C)C)c1OC. The maximum Gasteiger partial charge on any atom is 0.162 e. The molecule has 1 rings (SSSR count). The molecule has 0 spiro atoms. The molecule has 0 unspecified atom stereocenters. The van der Waals surface area contributed by atoms with Gasteiger partial charge in [0.15, 0.2) is 11.5 Å². The van der Waals surface area contributed by atoms with Crippen molar-refractivity contribution in [2.45, 2.75) is 19.6 Å². The number of methoxy groups -OCH3 is 2. The van der Waals surface area contributed by atoms with Crippen LogP contribution in [0.4, 0.5) is 4.39 Å². The minimum atomic E-state index is -1.77. The zero-order chi connectivity index (χ0) is 11.6. The lowest BCUT2D eigenvalue weighted by Crippen LogP contribution is -2.41. The largest absolute Gasteiger partial charge is 0.493 e. The summed E-state index contributed by atoms with van der Waals surface area (Å²) in [4.78, 5) is 0. The molecular weight excluding hydrogens is 211 g/mol. The molecule has 0 radical (unpaired) electrons. The summed E-state index contributed by atoms with van der Waals surface area (Å²) >= 11 is 0. The van der Waals surface area contributed by atoms with E-state index in [0.717, 1.165) is 0 Å². The van der Waals surface area contributed by atoms with Gasteiger partial charge in [-0.3, -0.25) is 0 Å². The summed E-state index contributed by atoms with van der Waals surface area (Å²) in [5.41, 5.74) is 0. The molecule has 0 N–H and O–H groups in total. The molecule has 0 aromatic heterocycles. The fraction of sp³-hybridized carbons (Fsp3) is 0.455. The van der Waals surface area contributed by atoms with E-state index in [0.29, 0.717) is 16.7 Å². The van der Waals surface area contributed by atoms with E-state index < -0.39 is 8.07 Å². The molecule has 0 heterocycles. The Labute approximate surface area is 91.0 Å². The van der Waals surface area contributed by atoms with Gasteiger partial charge >= 0.3 is 0 Å². The first-order chi connectivity index (χ1) is 6.91. The lowest BCUT2D eigenvalue weighted by atomic mass is 10.3. The average molecular weight is 228 g/mol. The highest BCUT2D eigenvalue weighted by molar-refractivity contribution is 6.89. The van der Waals surface area contributed by atoms with E-state index in [1.165, 1.54) is 6.07 Å². The minimum Gasteiger partial charge on any atom is -0.493 e. The number of hydrogen-bond donors (Lipinski definition) is 0. The normalized spacial score (nSPS) is 11.3. The second-order valence-corrected chi connectivity index (χ2v) is 9.41. The maximum atomic E-state index is 13.7. The zero-order valence-corrected chi connectivity index (χ0v) is 10.8. The van der Waals surface area contributed by atoms with Gasteiger partial charge in [0, 0.05) is 5.19 Å². The minimum absolute atomic E-state index is 0.202. The molecule has 0 atom stereocenters. The van der Waals surface area contributed by atoms with Gasteiger partial charge in [0.25, 0.3) is 0 Å². The van der Waals surface area contributed by atoms with Crippen LogP contribution >= 0.6 is 0 Å². The van der Waals surface area contributed by atoms with Gasteiger partial charge in [-0.1, -0.05) is 19.6 Å². The molecule has 1 aromatic rings. The van der Waals surface area contributed by atoms with Crippen molar-refractivity contribution in [3.63, 3.8) is 0 Å². The number of hydrogen-bond acceptors (Lipinski definition) is 2. The molecule has 0 aliphatic heterocycles. The van der Waals surface area contributed by atoms with Crippen LogP contribution in [0.15, 0.2) is 12.1 Å². The van der Waals surface area contributed by atoms with Gasteiger partial charge in [0.2, 0.25) is 0 Å². The third-order valence-corrected chi connectivity index (χ3v) is 4.21. The van der Waals surface area contributed by atoms with E-state index in [-0.39, 0.29) is 5.82 Å². The van der Waals surface area contributed by atoms with Gasteiger partial charge in [-0.2, -0.15) is 0 Å². The van der Waals surface area contributed by atoms with Gasteiger partial charge in [-0.25, -0.2) is 4.39 Å². The predicted octanol–water partition coefficient (Wildman–Crippen LogP) is 2.39. The Kier molecular flexibility index (Phi) is 3.39. The second kappa shape index (κ2) is 4.22. The lowest BCUT2D eigenvalue weighted by molar-refractivity contribution is 0.355. The van der Waals surface area contributed by atoms with Gasteiger partial charge in [-0.15, -0.1) is 0 Å². The Morgan fingerprint density at radius 1 is 1.07 bits per heavy atom. The van der Waals surface area contributed by atoms with Crippen molar-refractivity contribution in [3.8, 4) is 11.5 Å². The predicted molar refractivity (Wildman–Crippen MR) is 62.5 cm³/mol. The van der Waals surface area contributed by atoms with Crippen molar-refractivity contribution in [1.82, 2.24) is 0 Å². The smallest absolute Gasteiger partial charge is 0.162 e. The molecule has 0 aliphatic carbocycles. The average Bonchev–Trinajstić information content (AvgIpc) is 2.15. The standard InChI is InChI=1S/C11H17FO2Si/c1-13-9-7-6-8(12)11(10(9)14-2)15(3,4)5/h6-7H,1-5H3. The Bertz CT molecular complexity index is 358. The van der Waals surface area contributed by atoms with Gasteiger partial charge in [0.05, 0.1) is 22.3 Å². The summed E-state index contributed by atoms with van der Waals surface area (Å²) in [5.74, 6) is 0.930. The maximum absolute atomic E-state index is 13.7. The fourth-order valence-electron chi connectivity index (χ4n) is 1.60. The van der Waals surface area contributed by atoms with E-state index in [9.17, 15) is 4.39 Å². The van der Waals surface area contributed by atoms with Crippen molar-refractivity contribution >= 4 is 13.3 Å². The van der Waals surface area contributed by atoms with Crippen molar-refractivity contribution in [1.29, 1.82) is 0 Å². The van der Waals surface area contributed by atoms with E-state index in [2.05, 4.69) is 19.6 Å². The highest BCUT2D eigenvalue weighted by atomic mass is 28.3. The molecule has 15 heavy (non-hydrogen) atoms. The van der Waals surface area contributed by atoms with Gasteiger partial charge in [-0.05, 0) is 12.1 Å².